The van der Waals surface area contributed by atoms with Crippen LogP contribution in [0.5, 0.6) is 5.75 Å². The van der Waals surface area contributed by atoms with Gasteiger partial charge in [0.05, 0.1) is 5.56 Å². The number of hydrogen-bond acceptors (Lipinski definition) is 2. The number of carbonyl (C=O) groups is 1. The third-order valence-corrected chi connectivity index (χ3v) is 2.77. The van der Waals surface area contributed by atoms with Crippen molar-refractivity contribution in [2.24, 2.45) is 0 Å². The molecule has 98 valence electrons. The molecule has 0 atom stereocenters. The SMILES string of the molecule is CCNC(=O)c1ccc(-c2ccccc2O)cc1F. The van der Waals surface area contributed by atoms with Crippen molar-refractivity contribution in [2.75, 3.05) is 6.54 Å². The number of aromatic hydroxyl groups is 1. The first-order valence-electron chi connectivity index (χ1n) is 5.99. The second-order valence-electron chi connectivity index (χ2n) is 4.07. The number of para-hydroxylation sites is 1. The zero-order valence-electron chi connectivity index (χ0n) is 10.5. The van der Waals surface area contributed by atoms with Crippen LogP contribution in [-0.4, -0.2) is 17.6 Å². The molecule has 0 aliphatic carbocycles. The van der Waals surface area contributed by atoms with Gasteiger partial charge >= 0.3 is 0 Å². The van der Waals surface area contributed by atoms with Crippen molar-refractivity contribution in [3.8, 4) is 16.9 Å². The van der Waals surface area contributed by atoms with E-state index >= 15 is 0 Å². The summed E-state index contributed by atoms with van der Waals surface area (Å²) in [7, 11) is 0. The Labute approximate surface area is 110 Å². The van der Waals surface area contributed by atoms with E-state index in [9.17, 15) is 14.3 Å². The molecule has 2 N–H and O–H groups in total. The highest BCUT2D eigenvalue weighted by Crippen LogP contribution is 2.29. The van der Waals surface area contributed by atoms with Gasteiger partial charge in [0.1, 0.15) is 11.6 Å². The third kappa shape index (κ3) is 2.73. The molecule has 0 aliphatic rings. The topological polar surface area (TPSA) is 49.3 Å². The van der Waals surface area contributed by atoms with Crippen LogP contribution < -0.4 is 5.32 Å². The molecule has 2 aromatic carbocycles. The predicted molar refractivity (Wildman–Crippen MR) is 71.5 cm³/mol. The highest BCUT2D eigenvalue weighted by atomic mass is 19.1. The molecule has 0 saturated heterocycles. The normalized spacial score (nSPS) is 10.2. The summed E-state index contributed by atoms with van der Waals surface area (Å²) < 4.78 is 13.9. The van der Waals surface area contributed by atoms with Gasteiger partial charge in [-0.05, 0) is 30.7 Å². The molecule has 3 nitrogen and oxygen atoms in total. The van der Waals surface area contributed by atoms with Gasteiger partial charge in [0, 0.05) is 12.1 Å². The Bertz CT molecular complexity index is 611. The molecule has 0 aromatic heterocycles. The molecule has 0 radical (unpaired) electrons. The number of benzene rings is 2. The highest BCUT2D eigenvalue weighted by molar-refractivity contribution is 5.95. The Morgan fingerprint density at radius 1 is 1.26 bits per heavy atom. The van der Waals surface area contributed by atoms with Crippen LogP contribution in [0.25, 0.3) is 11.1 Å². The molecular weight excluding hydrogens is 245 g/mol. The van der Waals surface area contributed by atoms with E-state index in [-0.39, 0.29) is 11.3 Å². The maximum atomic E-state index is 13.9. The first kappa shape index (κ1) is 13.1. The van der Waals surface area contributed by atoms with E-state index in [1.165, 1.54) is 18.2 Å². The Balaban J connectivity index is 2.39. The zero-order valence-corrected chi connectivity index (χ0v) is 10.5. The molecule has 0 aliphatic heterocycles. The summed E-state index contributed by atoms with van der Waals surface area (Å²) >= 11 is 0. The average Bonchev–Trinajstić information content (AvgIpc) is 2.39. The minimum atomic E-state index is -0.605. The van der Waals surface area contributed by atoms with Crippen molar-refractivity contribution >= 4 is 5.91 Å². The average molecular weight is 259 g/mol. The summed E-state index contributed by atoms with van der Waals surface area (Å²) in [6.07, 6.45) is 0. The van der Waals surface area contributed by atoms with Gasteiger partial charge in [0.2, 0.25) is 0 Å². The first-order valence-corrected chi connectivity index (χ1v) is 5.99. The van der Waals surface area contributed by atoms with Gasteiger partial charge in [0.25, 0.3) is 5.91 Å². The smallest absolute Gasteiger partial charge is 0.254 e. The van der Waals surface area contributed by atoms with Crippen molar-refractivity contribution in [3.63, 3.8) is 0 Å². The van der Waals surface area contributed by atoms with E-state index < -0.39 is 11.7 Å². The lowest BCUT2D eigenvalue weighted by atomic mass is 10.0. The van der Waals surface area contributed by atoms with Gasteiger partial charge < -0.3 is 10.4 Å². The van der Waals surface area contributed by atoms with Crippen LogP contribution in [0.2, 0.25) is 0 Å². The summed E-state index contributed by atoms with van der Waals surface area (Å²) in [5.41, 5.74) is 1.06. The molecule has 0 saturated carbocycles. The van der Waals surface area contributed by atoms with E-state index in [0.29, 0.717) is 17.7 Å². The minimum Gasteiger partial charge on any atom is -0.507 e. The van der Waals surface area contributed by atoms with Crippen molar-refractivity contribution in [3.05, 3.63) is 53.8 Å². The maximum absolute atomic E-state index is 13.9. The van der Waals surface area contributed by atoms with Gasteiger partial charge in [-0.15, -0.1) is 0 Å². The molecule has 0 spiro atoms. The van der Waals surface area contributed by atoms with Crippen LogP contribution in [0.3, 0.4) is 0 Å². The van der Waals surface area contributed by atoms with E-state index in [2.05, 4.69) is 5.32 Å². The van der Waals surface area contributed by atoms with E-state index in [4.69, 9.17) is 0 Å². The van der Waals surface area contributed by atoms with Crippen molar-refractivity contribution < 1.29 is 14.3 Å². The number of halogens is 1. The standard InChI is InChI=1S/C15H14FNO2/c1-2-17-15(19)12-8-7-10(9-13(12)16)11-5-3-4-6-14(11)18/h3-9,18H,2H2,1H3,(H,17,19). The van der Waals surface area contributed by atoms with Gasteiger partial charge in [-0.1, -0.05) is 24.3 Å². The largest absolute Gasteiger partial charge is 0.507 e. The second kappa shape index (κ2) is 5.52. The first-order chi connectivity index (χ1) is 9.13. The summed E-state index contributed by atoms with van der Waals surface area (Å²) in [6.45, 7) is 2.21. The van der Waals surface area contributed by atoms with Crippen LogP contribution in [0, 0.1) is 5.82 Å². The molecule has 2 rings (SSSR count). The minimum absolute atomic E-state index is 0.000945. The van der Waals surface area contributed by atoms with Crippen molar-refractivity contribution in [1.29, 1.82) is 0 Å². The molecule has 0 unspecified atom stereocenters. The quantitative estimate of drug-likeness (QED) is 0.890. The van der Waals surface area contributed by atoms with Crippen LogP contribution >= 0.6 is 0 Å². The monoisotopic (exact) mass is 259 g/mol. The summed E-state index contributed by atoms with van der Waals surface area (Å²) in [5, 5.41) is 12.3. The van der Waals surface area contributed by atoms with E-state index in [1.807, 2.05) is 0 Å². The number of nitrogens with one attached hydrogen (secondary N) is 1. The number of rotatable bonds is 3. The summed E-state index contributed by atoms with van der Waals surface area (Å²) in [6, 6.07) is 11.0. The molecule has 0 fully saturated rings. The molecule has 2 aromatic rings. The maximum Gasteiger partial charge on any atom is 0.254 e. The van der Waals surface area contributed by atoms with Crippen molar-refractivity contribution in [2.45, 2.75) is 6.92 Å². The van der Waals surface area contributed by atoms with E-state index in [0.717, 1.165) is 0 Å². The molecular formula is C15H14FNO2. The van der Waals surface area contributed by atoms with Gasteiger partial charge in [-0.2, -0.15) is 0 Å². The van der Waals surface area contributed by atoms with Crippen LogP contribution in [0.4, 0.5) is 4.39 Å². The lowest BCUT2D eigenvalue weighted by Gasteiger charge is -2.07. The number of phenolic OH excluding ortho intramolecular Hbond substituents is 1. The summed E-state index contributed by atoms with van der Waals surface area (Å²) in [4.78, 5) is 11.6. The summed E-state index contributed by atoms with van der Waals surface area (Å²) in [5.74, 6) is -0.969. The molecule has 19 heavy (non-hydrogen) atoms. The van der Waals surface area contributed by atoms with Gasteiger partial charge in [-0.3, -0.25) is 4.79 Å². The van der Waals surface area contributed by atoms with Gasteiger partial charge in [0.15, 0.2) is 0 Å². The molecule has 0 bridgehead atoms. The highest BCUT2D eigenvalue weighted by Gasteiger charge is 2.12. The molecule has 0 heterocycles. The fourth-order valence-corrected chi connectivity index (χ4v) is 1.84. The fraction of sp³-hybridized carbons (Fsp3) is 0.133. The Morgan fingerprint density at radius 2 is 2.00 bits per heavy atom. The number of carbonyl (C=O) groups excluding carboxylic acids is 1. The van der Waals surface area contributed by atoms with Gasteiger partial charge in [-0.25, -0.2) is 4.39 Å². The van der Waals surface area contributed by atoms with Crippen LogP contribution in [0.15, 0.2) is 42.5 Å². The number of amides is 1. The van der Waals surface area contributed by atoms with Crippen LogP contribution in [-0.2, 0) is 0 Å². The zero-order chi connectivity index (χ0) is 13.8. The lowest BCUT2D eigenvalue weighted by molar-refractivity contribution is 0.0952. The van der Waals surface area contributed by atoms with E-state index in [1.54, 1.807) is 31.2 Å². The van der Waals surface area contributed by atoms with Crippen molar-refractivity contribution in [1.82, 2.24) is 5.32 Å². The Hall–Kier alpha value is -2.36. The number of hydrogen-bond donors (Lipinski definition) is 2. The van der Waals surface area contributed by atoms with Crippen LogP contribution in [0.1, 0.15) is 17.3 Å². The number of phenols is 1. The lowest BCUT2D eigenvalue weighted by Crippen LogP contribution is -2.23. The molecule has 4 heteroatoms. The third-order valence-electron chi connectivity index (χ3n) is 2.77. The Morgan fingerprint density at radius 3 is 2.63 bits per heavy atom. The second-order valence-corrected chi connectivity index (χ2v) is 4.07. The Kier molecular flexibility index (Phi) is 3.80. The molecule has 1 amide bonds. The predicted octanol–water partition coefficient (Wildman–Crippen LogP) is 2.95. The fourth-order valence-electron chi connectivity index (χ4n) is 1.84.